The fourth-order valence-electron chi connectivity index (χ4n) is 2.14. The highest BCUT2D eigenvalue weighted by Crippen LogP contribution is 2.35. The number of ether oxygens (including phenoxy) is 1. The minimum absolute atomic E-state index is 0.0461. The van der Waals surface area contributed by atoms with Crippen molar-refractivity contribution in [2.75, 3.05) is 13.7 Å². The largest absolute Gasteiger partial charge is 0.482 e. The van der Waals surface area contributed by atoms with Gasteiger partial charge in [-0.2, -0.15) is 4.98 Å². The summed E-state index contributed by atoms with van der Waals surface area (Å²) >= 11 is 0. The standard InChI is InChI=1S/C15H18N4O3/c1-19(14(20)10-21-12-6-3-7-16-8-12)9-13-17-15(22-18-13)11-4-2-5-11/h3,6-8,11H,2,4-5,9-10H2,1H3. The smallest absolute Gasteiger partial charge is 0.260 e. The average molecular weight is 302 g/mol. The molecule has 3 rings (SSSR count). The first kappa shape index (κ1) is 14.5. The lowest BCUT2D eigenvalue weighted by Gasteiger charge is -2.20. The molecule has 2 heterocycles. The van der Waals surface area contributed by atoms with Crippen LogP contribution in [0, 0.1) is 0 Å². The van der Waals surface area contributed by atoms with E-state index in [0.717, 1.165) is 12.8 Å². The van der Waals surface area contributed by atoms with Gasteiger partial charge in [0, 0.05) is 19.2 Å². The van der Waals surface area contributed by atoms with Crippen molar-refractivity contribution in [3.63, 3.8) is 0 Å². The Morgan fingerprint density at radius 2 is 2.36 bits per heavy atom. The van der Waals surface area contributed by atoms with Crippen molar-refractivity contribution >= 4 is 5.91 Å². The van der Waals surface area contributed by atoms with Crippen LogP contribution < -0.4 is 4.74 Å². The molecule has 116 valence electrons. The Bertz CT molecular complexity index is 625. The third-order valence-electron chi connectivity index (χ3n) is 3.74. The van der Waals surface area contributed by atoms with Gasteiger partial charge in [-0.3, -0.25) is 9.78 Å². The fraction of sp³-hybridized carbons (Fsp3) is 0.467. The zero-order valence-corrected chi connectivity index (χ0v) is 12.4. The molecule has 1 aliphatic carbocycles. The second-order valence-electron chi connectivity index (χ2n) is 5.40. The molecule has 7 nitrogen and oxygen atoms in total. The highest BCUT2D eigenvalue weighted by molar-refractivity contribution is 5.77. The van der Waals surface area contributed by atoms with Crippen molar-refractivity contribution in [2.24, 2.45) is 0 Å². The number of hydrogen-bond donors (Lipinski definition) is 0. The molecule has 0 atom stereocenters. The predicted molar refractivity (Wildman–Crippen MR) is 77.1 cm³/mol. The zero-order valence-electron chi connectivity index (χ0n) is 12.4. The van der Waals surface area contributed by atoms with E-state index < -0.39 is 0 Å². The molecule has 0 aromatic carbocycles. The van der Waals surface area contributed by atoms with Crippen molar-refractivity contribution in [3.8, 4) is 5.75 Å². The van der Waals surface area contributed by atoms with Crippen LogP contribution in [0.15, 0.2) is 29.0 Å². The van der Waals surface area contributed by atoms with Crippen molar-refractivity contribution in [1.29, 1.82) is 0 Å². The number of carbonyl (C=O) groups is 1. The number of carbonyl (C=O) groups excluding carboxylic acids is 1. The fourth-order valence-corrected chi connectivity index (χ4v) is 2.14. The molecule has 1 aliphatic rings. The van der Waals surface area contributed by atoms with E-state index in [4.69, 9.17) is 9.26 Å². The van der Waals surface area contributed by atoms with Gasteiger partial charge in [-0.1, -0.05) is 11.6 Å². The van der Waals surface area contributed by atoms with Crippen LogP contribution in [0.3, 0.4) is 0 Å². The molecule has 7 heteroatoms. The zero-order chi connectivity index (χ0) is 15.4. The summed E-state index contributed by atoms with van der Waals surface area (Å²) in [5.41, 5.74) is 0. The van der Waals surface area contributed by atoms with Crippen molar-refractivity contribution < 1.29 is 14.1 Å². The Kier molecular flexibility index (Phi) is 4.32. The molecule has 0 bridgehead atoms. The first-order valence-electron chi connectivity index (χ1n) is 7.31. The Hall–Kier alpha value is -2.44. The number of aromatic nitrogens is 3. The average Bonchev–Trinajstić information content (AvgIpc) is 2.92. The topological polar surface area (TPSA) is 81.4 Å². The van der Waals surface area contributed by atoms with Gasteiger partial charge in [-0.05, 0) is 25.0 Å². The summed E-state index contributed by atoms with van der Waals surface area (Å²) in [4.78, 5) is 21.8. The molecule has 0 spiro atoms. The number of rotatable bonds is 6. The number of likely N-dealkylation sites (N-methyl/N-ethyl adjacent to an activating group) is 1. The molecule has 22 heavy (non-hydrogen) atoms. The van der Waals surface area contributed by atoms with Crippen LogP contribution in [0.2, 0.25) is 0 Å². The Morgan fingerprint density at radius 1 is 1.50 bits per heavy atom. The lowest BCUT2D eigenvalue weighted by Crippen LogP contribution is -2.31. The maximum Gasteiger partial charge on any atom is 0.260 e. The van der Waals surface area contributed by atoms with E-state index >= 15 is 0 Å². The maximum absolute atomic E-state index is 12.0. The third-order valence-corrected chi connectivity index (χ3v) is 3.74. The van der Waals surface area contributed by atoms with Crippen molar-refractivity contribution in [3.05, 3.63) is 36.2 Å². The SMILES string of the molecule is CN(Cc1noc(C2CCC2)n1)C(=O)COc1cccnc1. The molecular formula is C15H18N4O3. The van der Waals surface area contributed by atoms with E-state index in [2.05, 4.69) is 15.1 Å². The molecular weight excluding hydrogens is 284 g/mol. The van der Waals surface area contributed by atoms with Gasteiger partial charge in [-0.15, -0.1) is 0 Å². The van der Waals surface area contributed by atoms with Gasteiger partial charge in [0.05, 0.1) is 12.7 Å². The van der Waals surface area contributed by atoms with Crippen molar-refractivity contribution in [2.45, 2.75) is 31.7 Å². The van der Waals surface area contributed by atoms with E-state index in [0.29, 0.717) is 29.9 Å². The first-order valence-corrected chi connectivity index (χ1v) is 7.31. The highest BCUT2D eigenvalue weighted by atomic mass is 16.5. The monoisotopic (exact) mass is 302 g/mol. The summed E-state index contributed by atoms with van der Waals surface area (Å²) in [5.74, 6) is 2.03. The summed E-state index contributed by atoms with van der Waals surface area (Å²) in [6.07, 6.45) is 6.64. The predicted octanol–water partition coefficient (Wildman–Crippen LogP) is 1.77. The van der Waals surface area contributed by atoms with Gasteiger partial charge in [0.25, 0.3) is 5.91 Å². The Balaban J connectivity index is 1.49. The molecule has 1 amide bonds. The summed E-state index contributed by atoms with van der Waals surface area (Å²) < 4.78 is 10.6. The number of pyridine rings is 1. The summed E-state index contributed by atoms with van der Waals surface area (Å²) in [6, 6.07) is 3.51. The van der Waals surface area contributed by atoms with Gasteiger partial charge in [0.15, 0.2) is 12.4 Å². The Morgan fingerprint density at radius 3 is 3.05 bits per heavy atom. The maximum atomic E-state index is 12.0. The highest BCUT2D eigenvalue weighted by Gasteiger charge is 2.25. The first-order chi connectivity index (χ1) is 10.7. The summed E-state index contributed by atoms with van der Waals surface area (Å²) in [5, 5.41) is 3.93. The van der Waals surface area contributed by atoms with Crippen LogP contribution in [0.1, 0.15) is 36.9 Å². The molecule has 0 unspecified atom stereocenters. The lowest BCUT2D eigenvalue weighted by molar-refractivity contribution is -0.132. The van der Waals surface area contributed by atoms with Gasteiger partial charge >= 0.3 is 0 Å². The van der Waals surface area contributed by atoms with E-state index in [1.807, 2.05) is 0 Å². The van der Waals surface area contributed by atoms with Gasteiger partial charge in [-0.25, -0.2) is 0 Å². The van der Waals surface area contributed by atoms with E-state index in [1.165, 1.54) is 11.3 Å². The summed E-state index contributed by atoms with van der Waals surface area (Å²) in [6.45, 7) is 0.265. The third kappa shape index (κ3) is 3.41. The van der Waals surface area contributed by atoms with E-state index in [9.17, 15) is 4.79 Å². The second kappa shape index (κ2) is 6.55. The molecule has 0 radical (unpaired) electrons. The second-order valence-corrected chi connectivity index (χ2v) is 5.40. The van der Waals surface area contributed by atoms with Gasteiger partial charge in [0.2, 0.25) is 5.89 Å². The minimum atomic E-state index is -0.154. The van der Waals surface area contributed by atoms with Crippen LogP contribution in [0.5, 0.6) is 5.75 Å². The number of hydrogen-bond acceptors (Lipinski definition) is 6. The van der Waals surface area contributed by atoms with Crippen molar-refractivity contribution in [1.82, 2.24) is 20.0 Å². The minimum Gasteiger partial charge on any atom is -0.482 e. The van der Waals surface area contributed by atoms with E-state index in [-0.39, 0.29) is 12.5 Å². The van der Waals surface area contributed by atoms with Crippen LogP contribution in [-0.2, 0) is 11.3 Å². The van der Waals surface area contributed by atoms with Gasteiger partial charge < -0.3 is 14.2 Å². The number of nitrogens with zero attached hydrogens (tertiary/aromatic N) is 4. The number of amides is 1. The molecule has 0 aliphatic heterocycles. The lowest BCUT2D eigenvalue weighted by atomic mass is 9.85. The van der Waals surface area contributed by atoms with Crippen LogP contribution in [0.25, 0.3) is 0 Å². The molecule has 2 aromatic heterocycles. The normalized spacial score (nSPS) is 14.4. The van der Waals surface area contributed by atoms with Crippen LogP contribution in [-0.4, -0.2) is 39.6 Å². The Labute approximate surface area is 128 Å². The summed E-state index contributed by atoms with van der Waals surface area (Å²) in [7, 11) is 1.69. The molecule has 0 N–H and O–H groups in total. The van der Waals surface area contributed by atoms with Gasteiger partial charge in [0.1, 0.15) is 5.75 Å². The van der Waals surface area contributed by atoms with Crippen LogP contribution >= 0.6 is 0 Å². The molecule has 2 aromatic rings. The van der Waals surface area contributed by atoms with E-state index in [1.54, 1.807) is 31.6 Å². The molecule has 1 fully saturated rings. The molecule has 0 saturated heterocycles. The molecule has 1 saturated carbocycles. The van der Waals surface area contributed by atoms with Crippen LogP contribution in [0.4, 0.5) is 0 Å². The quantitative estimate of drug-likeness (QED) is 0.809.